The Labute approximate surface area is 107 Å². The van der Waals surface area contributed by atoms with Crippen LogP contribution in [0.15, 0.2) is 30.3 Å². The van der Waals surface area contributed by atoms with Gasteiger partial charge in [-0.1, -0.05) is 37.3 Å². The number of sulfonamides is 1. The van der Waals surface area contributed by atoms with Crippen LogP contribution in [0.4, 0.5) is 0 Å². The number of nitrogens with one attached hydrogen (secondary N) is 1. The van der Waals surface area contributed by atoms with Crippen LogP contribution >= 0.6 is 0 Å². The molecule has 1 unspecified atom stereocenters. The van der Waals surface area contributed by atoms with Gasteiger partial charge >= 0.3 is 0 Å². The maximum absolute atomic E-state index is 12.2. The topological polar surface area (TPSA) is 93.8 Å². The lowest BCUT2D eigenvalue weighted by atomic mass is 9.97. The van der Waals surface area contributed by atoms with Gasteiger partial charge in [-0.05, 0) is 12.0 Å². The van der Waals surface area contributed by atoms with Crippen molar-refractivity contribution in [3.63, 3.8) is 0 Å². The molecule has 0 fully saturated rings. The molecule has 0 spiro atoms. The van der Waals surface area contributed by atoms with E-state index in [1.54, 1.807) is 43.3 Å². The molecule has 1 aromatic rings. The van der Waals surface area contributed by atoms with Gasteiger partial charge < -0.3 is 0 Å². The van der Waals surface area contributed by atoms with Crippen molar-refractivity contribution in [3.05, 3.63) is 35.9 Å². The fraction of sp³-hybridized carbons (Fsp3) is 0.333. The molecule has 0 aliphatic carbocycles. The Morgan fingerprint density at radius 2 is 1.89 bits per heavy atom. The molecule has 0 saturated heterocycles. The second kappa shape index (κ2) is 5.63. The molecule has 5 nitrogen and oxygen atoms in total. The molecule has 0 amide bonds. The van der Waals surface area contributed by atoms with Crippen LogP contribution in [0, 0.1) is 22.7 Å². The molecule has 0 heterocycles. The van der Waals surface area contributed by atoms with E-state index < -0.39 is 14.8 Å². The van der Waals surface area contributed by atoms with Crippen LogP contribution in [0.2, 0.25) is 0 Å². The molecular weight excluding hydrogens is 250 g/mol. The Morgan fingerprint density at radius 1 is 1.28 bits per heavy atom. The zero-order valence-corrected chi connectivity index (χ0v) is 10.7. The molecule has 1 aromatic carbocycles. The number of hydrogen-bond acceptors (Lipinski definition) is 4. The minimum atomic E-state index is -3.93. The lowest BCUT2D eigenvalue weighted by Gasteiger charge is -2.25. The first-order valence-electron chi connectivity index (χ1n) is 5.37. The van der Waals surface area contributed by atoms with Gasteiger partial charge in [-0.25, -0.2) is 8.42 Å². The quantitative estimate of drug-likeness (QED) is 0.809. The van der Waals surface area contributed by atoms with Crippen LogP contribution in [0.1, 0.15) is 18.9 Å². The van der Waals surface area contributed by atoms with Gasteiger partial charge in [0.05, 0.1) is 18.7 Å². The fourth-order valence-electron chi connectivity index (χ4n) is 1.71. The maximum Gasteiger partial charge on any atom is 0.236 e. The first kappa shape index (κ1) is 14.2. The third kappa shape index (κ3) is 2.35. The second-order valence-corrected chi connectivity index (χ2v) is 5.63. The Hall–Kier alpha value is -1.89. The molecule has 1 rings (SSSR count). The first-order chi connectivity index (χ1) is 8.54. The largest absolute Gasteiger partial charge is 0.236 e. The molecule has 0 aromatic heterocycles. The summed E-state index contributed by atoms with van der Waals surface area (Å²) < 4.78 is 24.9. The molecule has 6 heteroatoms. The highest BCUT2D eigenvalue weighted by Gasteiger charge is 2.44. The number of nitriles is 2. The average molecular weight is 263 g/mol. The van der Waals surface area contributed by atoms with Gasteiger partial charge in [0.25, 0.3) is 0 Å². The Morgan fingerprint density at radius 3 is 2.33 bits per heavy atom. The monoisotopic (exact) mass is 263 g/mol. The van der Waals surface area contributed by atoms with Gasteiger partial charge in [0.2, 0.25) is 10.0 Å². The molecule has 0 aliphatic heterocycles. The van der Waals surface area contributed by atoms with Crippen molar-refractivity contribution >= 4 is 10.0 Å². The number of benzene rings is 1. The standard InChI is InChI=1S/C12H13N3O2S/c1-2-12(10-14,11-6-4-3-5-7-11)18(16,17)15-9-8-13/h3-7,15H,2,9H2,1H3. The Balaban J connectivity index is 3.35. The molecular formula is C12H13N3O2S. The van der Waals surface area contributed by atoms with Crippen molar-refractivity contribution in [2.45, 2.75) is 18.1 Å². The summed E-state index contributed by atoms with van der Waals surface area (Å²) in [5.74, 6) is 0. The summed E-state index contributed by atoms with van der Waals surface area (Å²) in [5.41, 5.74) is 0.403. The Bertz CT molecular complexity index is 584. The molecule has 0 bridgehead atoms. The summed E-state index contributed by atoms with van der Waals surface area (Å²) in [7, 11) is -3.93. The van der Waals surface area contributed by atoms with Crippen LogP contribution in [-0.2, 0) is 14.8 Å². The fourth-order valence-corrected chi connectivity index (χ4v) is 3.16. The van der Waals surface area contributed by atoms with E-state index in [1.807, 2.05) is 6.07 Å². The van der Waals surface area contributed by atoms with Crippen molar-refractivity contribution in [1.82, 2.24) is 4.72 Å². The van der Waals surface area contributed by atoms with Gasteiger partial charge in [0.1, 0.15) is 0 Å². The van der Waals surface area contributed by atoms with Crippen molar-refractivity contribution in [1.29, 1.82) is 10.5 Å². The molecule has 94 valence electrons. The molecule has 18 heavy (non-hydrogen) atoms. The molecule has 1 atom stereocenters. The van der Waals surface area contributed by atoms with Crippen LogP contribution in [0.25, 0.3) is 0 Å². The number of hydrogen-bond donors (Lipinski definition) is 1. The summed E-state index contributed by atoms with van der Waals surface area (Å²) >= 11 is 0. The van der Waals surface area contributed by atoms with Crippen molar-refractivity contribution in [2.24, 2.45) is 0 Å². The van der Waals surface area contributed by atoms with E-state index in [9.17, 15) is 13.7 Å². The molecule has 0 saturated carbocycles. The van der Waals surface area contributed by atoms with E-state index in [-0.39, 0.29) is 13.0 Å². The zero-order chi connectivity index (χ0) is 13.6. The summed E-state index contributed by atoms with van der Waals surface area (Å²) in [5, 5.41) is 17.8. The first-order valence-corrected chi connectivity index (χ1v) is 6.85. The minimum absolute atomic E-state index is 0.105. The van der Waals surface area contributed by atoms with Crippen LogP contribution < -0.4 is 4.72 Å². The summed E-state index contributed by atoms with van der Waals surface area (Å²) in [6.45, 7) is 1.28. The number of nitrogens with zero attached hydrogens (tertiary/aromatic N) is 2. The van der Waals surface area contributed by atoms with Crippen molar-refractivity contribution < 1.29 is 8.42 Å². The summed E-state index contributed by atoms with van der Waals surface area (Å²) in [6.07, 6.45) is 0.105. The predicted octanol–water partition coefficient (Wildman–Crippen LogP) is 1.26. The normalized spacial score (nSPS) is 14.2. The van der Waals surface area contributed by atoms with Gasteiger partial charge in [-0.15, -0.1) is 0 Å². The van der Waals surface area contributed by atoms with E-state index in [4.69, 9.17) is 5.26 Å². The van der Waals surface area contributed by atoms with Gasteiger partial charge in [-0.3, -0.25) is 0 Å². The third-order valence-corrected chi connectivity index (χ3v) is 4.78. The summed E-state index contributed by atoms with van der Waals surface area (Å²) in [6, 6.07) is 11.9. The molecule has 1 N–H and O–H groups in total. The SMILES string of the molecule is CCC(C#N)(c1ccccc1)S(=O)(=O)NCC#N. The van der Waals surface area contributed by atoms with Crippen LogP contribution in [0.5, 0.6) is 0 Å². The van der Waals surface area contributed by atoms with Gasteiger partial charge in [0.15, 0.2) is 4.75 Å². The van der Waals surface area contributed by atoms with Gasteiger partial charge in [0, 0.05) is 0 Å². The second-order valence-electron chi connectivity index (χ2n) is 3.64. The lowest BCUT2D eigenvalue weighted by molar-refractivity contribution is 0.544. The lowest BCUT2D eigenvalue weighted by Crippen LogP contribution is -2.42. The van der Waals surface area contributed by atoms with Crippen LogP contribution in [0.3, 0.4) is 0 Å². The van der Waals surface area contributed by atoms with Crippen molar-refractivity contribution in [3.8, 4) is 12.1 Å². The van der Waals surface area contributed by atoms with E-state index in [0.717, 1.165) is 0 Å². The zero-order valence-electron chi connectivity index (χ0n) is 9.92. The van der Waals surface area contributed by atoms with Crippen LogP contribution in [-0.4, -0.2) is 15.0 Å². The van der Waals surface area contributed by atoms with Gasteiger partial charge in [-0.2, -0.15) is 15.2 Å². The average Bonchev–Trinajstić information content (AvgIpc) is 2.39. The summed E-state index contributed by atoms with van der Waals surface area (Å²) in [4.78, 5) is 0. The van der Waals surface area contributed by atoms with E-state index in [2.05, 4.69) is 4.72 Å². The maximum atomic E-state index is 12.2. The van der Waals surface area contributed by atoms with E-state index >= 15 is 0 Å². The van der Waals surface area contributed by atoms with Crippen molar-refractivity contribution in [2.75, 3.05) is 6.54 Å². The predicted molar refractivity (Wildman–Crippen MR) is 66.6 cm³/mol. The highest BCUT2D eigenvalue weighted by atomic mass is 32.2. The highest BCUT2D eigenvalue weighted by molar-refractivity contribution is 7.90. The highest BCUT2D eigenvalue weighted by Crippen LogP contribution is 2.32. The number of rotatable bonds is 5. The van der Waals surface area contributed by atoms with E-state index in [0.29, 0.717) is 5.56 Å². The van der Waals surface area contributed by atoms with E-state index in [1.165, 1.54) is 0 Å². The molecule has 0 aliphatic rings. The minimum Gasteiger partial charge on any atom is -0.210 e. The molecule has 0 radical (unpaired) electrons. The third-order valence-electron chi connectivity index (χ3n) is 2.72. The smallest absolute Gasteiger partial charge is 0.210 e. The Kier molecular flexibility index (Phi) is 4.43.